The molecule has 2 rings (SSSR count). The maximum atomic E-state index is 12.0. The van der Waals surface area contributed by atoms with E-state index in [1.807, 2.05) is 6.07 Å². The topological polar surface area (TPSA) is 61.7 Å². The van der Waals surface area contributed by atoms with Crippen LogP contribution in [0.25, 0.3) is 0 Å². The zero-order valence-corrected chi connectivity index (χ0v) is 8.68. The number of rotatable bonds is 3. The minimum atomic E-state index is -0.226. The summed E-state index contributed by atoms with van der Waals surface area (Å²) in [6.07, 6.45) is 0.812. The molecule has 82 valence electrons. The molecule has 1 aromatic rings. The molecule has 4 nitrogen and oxygen atoms in total. The van der Waals surface area contributed by atoms with Crippen LogP contribution in [0, 0.1) is 0 Å². The summed E-state index contributed by atoms with van der Waals surface area (Å²) in [5, 5.41) is 12.1. The summed E-state index contributed by atoms with van der Waals surface area (Å²) in [5.41, 5.74) is 0.753. The van der Waals surface area contributed by atoms with Gasteiger partial charge in [-0.1, -0.05) is 30.3 Å². The van der Waals surface area contributed by atoms with E-state index in [0.717, 1.165) is 6.26 Å². The van der Waals surface area contributed by atoms with Gasteiger partial charge in [0.15, 0.2) is 5.78 Å². The van der Waals surface area contributed by atoms with Crippen molar-refractivity contribution in [3.8, 4) is 0 Å². The molecule has 0 bridgehead atoms. The Bertz CT molecular complexity index is 449. The minimum Gasteiger partial charge on any atom is -0.515 e. The second-order valence-electron chi connectivity index (χ2n) is 3.40. The van der Waals surface area contributed by atoms with Gasteiger partial charge in [-0.2, -0.15) is 0 Å². The zero-order valence-electron chi connectivity index (χ0n) is 8.68. The van der Waals surface area contributed by atoms with Crippen LogP contribution in [0.15, 0.2) is 47.2 Å². The Hall–Kier alpha value is -2.10. The number of carbonyl (C=O) groups excluding carboxylic acids is 1. The lowest BCUT2D eigenvalue weighted by Crippen LogP contribution is -2.25. The number of aliphatic hydroxyl groups is 1. The molecule has 1 heterocycles. The molecule has 2 N–H and O–H groups in total. The van der Waals surface area contributed by atoms with Crippen molar-refractivity contribution in [3.05, 3.63) is 47.7 Å². The molecule has 1 aliphatic heterocycles. The Kier molecular flexibility index (Phi) is 3.00. The number of nitrogens with one attached hydrogen (secondary N) is 1. The molecule has 16 heavy (non-hydrogen) atoms. The first-order valence-electron chi connectivity index (χ1n) is 5.06. The third kappa shape index (κ3) is 1.95. The van der Waals surface area contributed by atoms with Crippen LogP contribution in [0.5, 0.6) is 0 Å². The van der Waals surface area contributed by atoms with Crippen molar-refractivity contribution in [2.75, 3.05) is 13.1 Å². The summed E-state index contributed by atoms with van der Waals surface area (Å²) in [6.45, 7) is 1.34. The number of nitrogens with zero attached hydrogens (tertiary/aromatic N) is 1. The van der Waals surface area contributed by atoms with Crippen molar-refractivity contribution in [3.63, 3.8) is 0 Å². The molecule has 1 aromatic carbocycles. The number of ketones is 1. The number of aliphatic hydroxyl groups excluding tert-OH is 1. The van der Waals surface area contributed by atoms with Crippen LogP contribution in [0.1, 0.15) is 10.4 Å². The third-order valence-corrected chi connectivity index (χ3v) is 2.34. The van der Waals surface area contributed by atoms with E-state index in [2.05, 4.69) is 10.3 Å². The lowest BCUT2D eigenvalue weighted by Gasteiger charge is -2.05. The van der Waals surface area contributed by atoms with Crippen molar-refractivity contribution in [2.45, 2.75) is 0 Å². The Morgan fingerprint density at radius 1 is 1.38 bits per heavy atom. The standard InChI is InChI=1S/C12H12N2O2/c15-8-10(12-13-6-7-14-12)11(16)9-4-2-1-3-5-9/h1-5,8,15H,6-7H2,(H,13,14)/b10-8-. The minimum absolute atomic E-state index is 0.212. The molecule has 0 saturated heterocycles. The largest absolute Gasteiger partial charge is 0.515 e. The molecule has 0 radical (unpaired) electrons. The Balaban J connectivity index is 2.27. The maximum absolute atomic E-state index is 12.0. The lowest BCUT2D eigenvalue weighted by molar-refractivity contribution is 0.103. The Morgan fingerprint density at radius 3 is 2.69 bits per heavy atom. The molecule has 0 atom stereocenters. The first-order valence-corrected chi connectivity index (χ1v) is 5.06. The number of Topliss-reactive ketones (excluding diaryl/α,β-unsaturated/α-hetero) is 1. The zero-order chi connectivity index (χ0) is 11.4. The van der Waals surface area contributed by atoms with Crippen molar-refractivity contribution in [1.82, 2.24) is 5.32 Å². The molecule has 0 unspecified atom stereocenters. The second kappa shape index (κ2) is 4.61. The van der Waals surface area contributed by atoms with E-state index in [0.29, 0.717) is 24.5 Å². The van der Waals surface area contributed by atoms with Gasteiger partial charge in [0.2, 0.25) is 0 Å². The van der Waals surface area contributed by atoms with E-state index >= 15 is 0 Å². The van der Waals surface area contributed by atoms with Crippen LogP contribution in [-0.4, -0.2) is 29.8 Å². The quantitative estimate of drug-likeness (QED) is 0.455. The molecule has 0 aromatic heterocycles. The van der Waals surface area contributed by atoms with Gasteiger partial charge in [-0.3, -0.25) is 9.79 Å². The van der Waals surface area contributed by atoms with Gasteiger partial charge in [0.1, 0.15) is 5.84 Å². The molecular weight excluding hydrogens is 204 g/mol. The van der Waals surface area contributed by atoms with Gasteiger partial charge in [0.25, 0.3) is 0 Å². The predicted octanol–water partition coefficient (Wildman–Crippen LogP) is 1.31. The molecule has 0 saturated carbocycles. The van der Waals surface area contributed by atoms with Gasteiger partial charge < -0.3 is 10.4 Å². The van der Waals surface area contributed by atoms with Crippen LogP contribution in [0.2, 0.25) is 0 Å². The maximum Gasteiger partial charge on any atom is 0.199 e. The first kappa shape index (κ1) is 10.4. The Morgan fingerprint density at radius 2 is 2.12 bits per heavy atom. The van der Waals surface area contributed by atoms with Crippen LogP contribution < -0.4 is 5.32 Å². The number of carbonyl (C=O) groups is 1. The monoisotopic (exact) mass is 216 g/mol. The van der Waals surface area contributed by atoms with E-state index in [9.17, 15) is 4.79 Å². The molecule has 0 fully saturated rings. The highest BCUT2D eigenvalue weighted by Crippen LogP contribution is 2.10. The second-order valence-corrected chi connectivity index (χ2v) is 3.40. The molecule has 1 aliphatic rings. The fourth-order valence-electron chi connectivity index (χ4n) is 1.55. The first-order chi connectivity index (χ1) is 7.83. The number of aliphatic imine (C=N–C) groups is 1. The molecule has 0 spiro atoms. The highest BCUT2D eigenvalue weighted by atomic mass is 16.2. The third-order valence-electron chi connectivity index (χ3n) is 2.34. The Labute approximate surface area is 93.3 Å². The van der Waals surface area contributed by atoms with Crippen molar-refractivity contribution < 1.29 is 9.90 Å². The van der Waals surface area contributed by atoms with Crippen molar-refractivity contribution >= 4 is 11.6 Å². The fraction of sp³-hybridized carbons (Fsp3) is 0.167. The average molecular weight is 216 g/mol. The molecule has 0 aliphatic carbocycles. The summed E-state index contributed by atoms with van der Waals surface area (Å²) in [7, 11) is 0. The normalized spacial score (nSPS) is 15.5. The number of hydrogen-bond acceptors (Lipinski definition) is 4. The van der Waals surface area contributed by atoms with Crippen molar-refractivity contribution in [1.29, 1.82) is 0 Å². The van der Waals surface area contributed by atoms with Crippen LogP contribution >= 0.6 is 0 Å². The van der Waals surface area contributed by atoms with Gasteiger partial charge in [-0.05, 0) is 0 Å². The predicted molar refractivity (Wildman–Crippen MR) is 61.8 cm³/mol. The highest BCUT2D eigenvalue weighted by molar-refractivity contribution is 6.27. The van der Waals surface area contributed by atoms with E-state index in [4.69, 9.17) is 5.11 Å². The summed E-state index contributed by atoms with van der Waals surface area (Å²) in [4.78, 5) is 16.1. The summed E-state index contributed by atoms with van der Waals surface area (Å²) in [5.74, 6) is 0.243. The van der Waals surface area contributed by atoms with E-state index in [1.165, 1.54) is 0 Å². The average Bonchev–Trinajstić information content (AvgIpc) is 2.85. The van der Waals surface area contributed by atoms with E-state index in [-0.39, 0.29) is 11.4 Å². The fourth-order valence-corrected chi connectivity index (χ4v) is 1.55. The lowest BCUT2D eigenvalue weighted by atomic mass is 10.0. The summed E-state index contributed by atoms with van der Waals surface area (Å²) in [6, 6.07) is 8.82. The van der Waals surface area contributed by atoms with Crippen molar-refractivity contribution in [2.24, 2.45) is 4.99 Å². The van der Waals surface area contributed by atoms with Gasteiger partial charge >= 0.3 is 0 Å². The van der Waals surface area contributed by atoms with Gasteiger partial charge in [0.05, 0.1) is 18.4 Å². The van der Waals surface area contributed by atoms with E-state index < -0.39 is 0 Å². The van der Waals surface area contributed by atoms with Crippen LogP contribution in [0.3, 0.4) is 0 Å². The van der Waals surface area contributed by atoms with Gasteiger partial charge in [0, 0.05) is 12.1 Å². The van der Waals surface area contributed by atoms with Gasteiger partial charge in [-0.15, -0.1) is 0 Å². The molecule has 4 heteroatoms. The number of hydrogen-bond donors (Lipinski definition) is 2. The smallest absolute Gasteiger partial charge is 0.199 e. The number of amidine groups is 1. The summed E-state index contributed by atoms with van der Waals surface area (Å²) < 4.78 is 0. The highest BCUT2D eigenvalue weighted by Gasteiger charge is 2.19. The van der Waals surface area contributed by atoms with Gasteiger partial charge in [-0.25, -0.2) is 0 Å². The molecule has 0 amide bonds. The van der Waals surface area contributed by atoms with Crippen LogP contribution in [0.4, 0.5) is 0 Å². The van der Waals surface area contributed by atoms with Crippen LogP contribution in [-0.2, 0) is 0 Å². The SMILES string of the molecule is O=C(/C(=C/O)C1=NCCN1)c1ccccc1. The molecular formula is C12H12N2O2. The summed E-state index contributed by atoms with van der Waals surface area (Å²) >= 11 is 0. The van der Waals surface area contributed by atoms with E-state index in [1.54, 1.807) is 24.3 Å². The number of benzene rings is 1.